The summed E-state index contributed by atoms with van der Waals surface area (Å²) in [4.78, 5) is 0. The zero-order chi connectivity index (χ0) is 10.3. The second kappa shape index (κ2) is 3.27. The molecule has 0 amide bonds. The van der Waals surface area contributed by atoms with Crippen molar-refractivity contribution >= 4 is 11.6 Å². The molecule has 0 N–H and O–H groups in total. The summed E-state index contributed by atoms with van der Waals surface area (Å²) in [7, 11) is 0. The van der Waals surface area contributed by atoms with Crippen LogP contribution in [-0.4, -0.2) is 0 Å². The maximum atomic E-state index is 6.02. The highest BCUT2D eigenvalue weighted by molar-refractivity contribution is 6.31. The van der Waals surface area contributed by atoms with Gasteiger partial charge in [0.2, 0.25) is 0 Å². The van der Waals surface area contributed by atoms with Gasteiger partial charge in [0.05, 0.1) is 0 Å². The fourth-order valence-electron chi connectivity index (χ4n) is 2.50. The van der Waals surface area contributed by atoms with Gasteiger partial charge in [-0.05, 0) is 36.0 Å². The molecule has 0 nitrogen and oxygen atoms in total. The van der Waals surface area contributed by atoms with Crippen LogP contribution in [0.5, 0.6) is 0 Å². The van der Waals surface area contributed by atoms with Crippen molar-refractivity contribution in [3.8, 4) is 0 Å². The zero-order valence-electron chi connectivity index (χ0n) is 9.05. The van der Waals surface area contributed by atoms with Crippen molar-refractivity contribution in [3.63, 3.8) is 0 Å². The number of rotatable bonds is 0. The van der Waals surface area contributed by atoms with E-state index in [1.807, 2.05) is 6.08 Å². The van der Waals surface area contributed by atoms with Crippen LogP contribution in [0.4, 0.5) is 0 Å². The Morgan fingerprint density at radius 2 is 2.14 bits per heavy atom. The highest BCUT2D eigenvalue weighted by atomic mass is 35.5. The van der Waals surface area contributed by atoms with E-state index in [2.05, 4.69) is 39.0 Å². The van der Waals surface area contributed by atoms with E-state index < -0.39 is 0 Å². The molecule has 0 fully saturated rings. The van der Waals surface area contributed by atoms with Crippen LogP contribution >= 0.6 is 11.6 Å². The summed E-state index contributed by atoms with van der Waals surface area (Å²) in [6.07, 6.45) is 9.94. The van der Waals surface area contributed by atoms with Crippen LogP contribution in [0.3, 0.4) is 0 Å². The normalized spacial score (nSPS) is 41.4. The van der Waals surface area contributed by atoms with Crippen LogP contribution < -0.4 is 0 Å². The van der Waals surface area contributed by atoms with Crippen molar-refractivity contribution in [3.05, 3.63) is 34.9 Å². The van der Waals surface area contributed by atoms with E-state index in [4.69, 9.17) is 11.6 Å². The molecule has 0 heterocycles. The van der Waals surface area contributed by atoms with Crippen LogP contribution in [0.1, 0.15) is 27.2 Å². The Morgan fingerprint density at radius 1 is 1.43 bits per heavy atom. The minimum absolute atomic E-state index is 0.204. The highest BCUT2D eigenvalue weighted by Gasteiger charge is 2.38. The number of halogens is 1. The van der Waals surface area contributed by atoms with Crippen molar-refractivity contribution in [2.45, 2.75) is 27.2 Å². The average Bonchev–Trinajstić information content (AvgIpc) is 2.16. The molecule has 3 unspecified atom stereocenters. The Kier molecular flexibility index (Phi) is 2.35. The van der Waals surface area contributed by atoms with Crippen molar-refractivity contribution in [2.24, 2.45) is 17.3 Å². The number of hydrogen-bond acceptors (Lipinski definition) is 0. The van der Waals surface area contributed by atoms with Crippen molar-refractivity contribution in [2.75, 3.05) is 0 Å². The lowest BCUT2D eigenvalue weighted by atomic mass is 9.62. The second-order valence-electron chi connectivity index (χ2n) is 4.81. The number of fused-ring (bicyclic) bond motifs is 1. The summed E-state index contributed by atoms with van der Waals surface area (Å²) in [6, 6.07) is 0. The molecule has 14 heavy (non-hydrogen) atoms. The molecule has 0 aromatic heterocycles. The molecule has 0 spiro atoms. The molecule has 0 aromatic rings. The van der Waals surface area contributed by atoms with Gasteiger partial charge in [-0.1, -0.05) is 44.5 Å². The zero-order valence-corrected chi connectivity index (χ0v) is 9.81. The third kappa shape index (κ3) is 1.37. The summed E-state index contributed by atoms with van der Waals surface area (Å²) in [5.74, 6) is 1.46. The van der Waals surface area contributed by atoms with Gasteiger partial charge in [-0.3, -0.25) is 0 Å². The summed E-state index contributed by atoms with van der Waals surface area (Å²) < 4.78 is 0. The molecule has 2 rings (SSSR count). The summed E-state index contributed by atoms with van der Waals surface area (Å²) in [5, 5.41) is 0.857. The average molecular weight is 209 g/mol. The lowest BCUT2D eigenvalue weighted by Gasteiger charge is -2.43. The predicted molar refractivity (Wildman–Crippen MR) is 62.2 cm³/mol. The minimum Gasteiger partial charge on any atom is -0.0843 e. The Balaban J connectivity index is 2.45. The van der Waals surface area contributed by atoms with E-state index >= 15 is 0 Å². The molecule has 0 radical (unpaired) electrons. The summed E-state index contributed by atoms with van der Waals surface area (Å²) in [5.41, 5.74) is 1.60. The molecule has 0 saturated heterocycles. The molecule has 0 bridgehead atoms. The SMILES string of the molecule is CC1CC=C2C=C(Cl)C=CC2(C)C1C. The molecule has 2 aliphatic carbocycles. The number of allylic oxidation sites excluding steroid dienone is 6. The van der Waals surface area contributed by atoms with Crippen molar-refractivity contribution in [1.82, 2.24) is 0 Å². The molecule has 0 aromatic carbocycles. The van der Waals surface area contributed by atoms with Gasteiger partial charge in [-0.15, -0.1) is 0 Å². The van der Waals surface area contributed by atoms with Gasteiger partial charge < -0.3 is 0 Å². The molecular formula is C13H17Cl. The molecule has 3 atom stereocenters. The van der Waals surface area contributed by atoms with E-state index in [1.165, 1.54) is 12.0 Å². The molecule has 1 heteroatoms. The molecular weight excluding hydrogens is 192 g/mol. The largest absolute Gasteiger partial charge is 0.0843 e. The predicted octanol–water partition coefficient (Wildman–Crippen LogP) is 4.29. The first-order valence-electron chi connectivity index (χ1n) is 5.31. The second-order valence-corrected chi connectivity index (χ2v) is 5.24. The van der Waals surface area contributed by atoms with Gasteiger partial charge in [0.25, 0.3) is 0 Å². The van der Waals surface area contributed by atoms with Crippen LogP contribution in [-0.2, 0) is 0 Å². The highest BCUT2D eigenvalue weighted by Crippen LogP contribution is 2.48. The Labute approximate surface area is 91.3 Å². The lowest BCUT2D eigenvalue weighted by molar-refractivity contribution is 0.225. The van der Waals surface area contributed by atoms with Gasteiger partial charge in [0, 0.05) is 10.4 Å². The van der Waals surface area contributed by atoms with E-state index in [-0.39, 0.29) is 5.41 Å². The van der Waals surface area contributed by atoms with Gasteiger partial charge in [-0.2, -0.15) is 0 Å². The first kappa shape index (κ1) is 10.0. The van der Waals surface area contributed by atoms with Crippen LogP contribution in [0.15, 0.2) is 34.9 Å². The Bertz CT molecular complexity index is 335. The molecule has 2 aliphatic rings. The third-order valence-corrected chi connectivity index (χ3v) is 4.25. The quantitative estimate of drug-likeness (QED) is 0.557. The maximum Gasteiger partial charge on any atom is 0.0406 e. The monoisotopic (exact) mass is 208 g/mol. The fraction of sp³-hybridized carbons (Fsp3) is 0.538. The molecule has 0 saturated carbocycles. The van der Waals surface area contributed by atoms with Crippen LogP contribution in [0.2, 0.25) is 0 Å². The van der Waals surface area contributed by atoms with Crippen LogP contribution in [0.25, 0.3) is 0 Å². The standard InChI is InChI=1S/C13H17Cl/c1-9-4-5-11-8-12(14)6-7-13(11,3)10(9)2/h5-10H,4H2,1-3H3. The van der Waals surface area contributed by atoms with E-state index in [0.717, 1.165) is 11.0 Å². The van der Waals surface area contributed by atoms with Gasteiger partial charge in [0.1, 0.15) is 0 Å². The minimum atomic E-state index is 0.204. The maximum absolute atomic E-state index is 6.02. The van der Waals surface area contributed by atoms with Crippen molar-refractivity contribution in [1.29, 1.82) is 0 Å². The van der Waals surface area contributed by atoms with E-state index in [9.17, 15) is 0 Å². The first-order chi connectivity index (χ1) is 6.54. The van der Waals surface area contributed by atoms with E-state index in [1.54, 1.807) is 0 Å². The fourth-order valence-corrected chi connectivity index (χ4v) is 2.68. The van der Waals surface area contributed by atoms with Crippen molar-refractivity contribution < 1.29 is 0 Å². The van der Waals surface area contributed by atoms with Gasteiger partial charge in [0.15, 0.2) is 0 Å². The molecule has 0 aliphatic heterocycles. The smallest absolute Gasteiger partial charge is 0.0406 e. The topological polar surface area (TPSA) is 0 Å². The Hall–Kier alpha value is -0.490. The summed E-state index contributed by atoms with van der Waals surface area (Å²) >= 11 is 6.02. The molecule has 76 valence electrons. The van der Waals surface area contributed by atoms with Gasteiger partial charge >= 0.3 is 0 Å². The Morgan fingerprint density at radius 3 is 2.86 bits per heavy atom. The first-order valence-corrected chi connectivity index (χ1v) is 5.69. The van der Waals surface area contributed by atoms with Gasteiger partial charge in [-0.25, -0.2) is 0 Å². The third-order valence-electron chi connectivity index (χ3n) is 4.01. The number of hydrogen-bond donors (Lipinski definition) is 0. The summed E-state index contributed by atoms with van der Waals surface area (Å²) in [6.45, 7) is 6.99. The van der Waals surface area contributed by atoms with E-state index in [0.29, 0.717) is 5.92 Å². The van der Waals surface area contributed by atoms with Crippen LogP contribution in [0, 0.1) is 17.3 Å². The lowest BCUT2D eigenvalue weighted by Crippen LogP contribution is -2.33.